The van der Waals surface area contributed by atoms with Crippen LogP contribution < -0.4 is 5.32 Å². The molecule has 1 saturated heterocycles. The second-order valence-corrected chi connectivity index (χ2v) is 4.65. The Balaban J connectivity index is 1.97. The van der Waals surface area contributed by atoms with Crippen molar-refractivity contribution < 1.29 is 19.4 Å². The zero-order chi connectivity index (χ0) is 13.7. The summed E-state index contributed by atoms with van der Waals surface area (Å²) in [6, 6.07) is 6.95. The normalized spacial score (nSPS) is 16.0. The van der Waals surface area contributed by atoms with Crippen molar-refractivity contribution in [2.24, 2.45) is 5.92 Å². The Hall–Kier alpha value is -1.88. The van der Waals surface area contributed by atoms with Crippen LogP contribution in [0, 0.1) is 5.92 Å². The van der Waals surface area contributed by atoms with Crippen LogP contribution >= 0.6 is 0 Å². The standard InChI is InChI=1S/C14H17NO4/c16-13(17)9-10-2-1-3-12(8-10)15-14(18)11-4-6-19-7-5-11/h1-3,8,11H,4-7,9H2,(H,15,18)(H,16,17). The second-order valence-electron chi connectivity index (χ2n) is 4.65. The molecule has 1 fully saturated rings. The molecule has 2 rings (SSSR count). The Labute approximate surface area is 111 Å². The lowest BCUT2D eigenvalue weighted by molar-refractivity contribution is -0.136. The number of carbonyl (C=O) groups excluding carboxylic acids is 1. The van der Waals surface area contributed by atoms with E-state index in [1.54, 1.807) is 24.3 Å². The number of carboxylic acid groups (broad SMARTS) is 1. The van der Waals surface area contributed by atoms with Crippen molar-refractivity contribution in [3.8, 4) is 0 Å². The fourth-order valence-corrected chi connectivity index (χ4v) is 2.14. The fourth-order valence-electron chi connectivity index (χ4n) is 2.14. The molecule has 0 aromatic heterocycles. The topological polar surface area (TPSA) is 75.6 Å². The molecule has 1 heterocycles. The molecule has 1 aromatic carbocycles. The van der Waals surface area contributed by atoms with Gasteiger partial charge in [-0.25, -0.2) is 0 Å². The highest BCUT2D eigenvalue weighted by atomic mass is 16.5. The summed E-state index contributed by atoms with van der Waals surface area (Å²) in [5, 5.41) is 11.6. The van der Waals surface area contributed by atoms with E-state index < -0.39 is 5.97 Å². The highest BCUT2D eigenvalue weighted by molar-refractivity contribution is 5.92. The molecule has 19 heavy (non-hydrogen) atoms. The summed E-state index contributed by atoms with van der Waals surface area (Å²) in [5.74, 6) is -0.916. The Morgan fingerprint density at radius 2 is 2.05 bits per heavy atom. The SMILES string of the molecule is O=C(O)Cc1cccc(NC(=O)C2CCOCC2)c1. The van der Waals surface area contributed by atoms with Gasteiger partial charge in [0, 0.05) is 24.8 Å². The molecule has 5 heteroatoms. The Morgan fingerprint density at radius 1 is 1.32 bits per heavy atom. The molecular formula is C14H17NO4. The van der Waals surface area contributed by atoms with E-state index in [0.717, 1.165) is 12.8 Å². The molecule has 2 N–H and O–H groups in total. The number of carbonyl (C=O) groups is 2. The van der Waals surface area contributed by atoms with E-state index in [1.165, 1.54) is 0 Å². The quantitative estimate of drug-likeness (QED) is 0.866. The maximum atomic E-state index is 12.0. The zero-order valence-electron chi connectivity index (χ0n) is 10.6. The molecule has 0 radical (unpaired) electrons. The van der Waals surface area contributed by atoms with Gasteiger partial charge >= 0.3 is 5.97 Å². The van der Waals surface area contributed by atoms with Gasteiger partial charge in [0.25, 0.3) is 0 Å². The van der Waals surface area contributed by atoms with Gasteiger partial charge in [0.2, 0.25) is 5.91 Å². The van der Waals surface area contributed by atoms with Gasteiger partial charge < -0.3 is 15.2 Å². The number of hydrogen-bond acceptors (Lipinski definition) is 3. The summed E-state index contributed by atoms with van der Waals surface area (Å²) >= 11 is 0. The summed E-state index contributed by atoms with van der Waals surface area (Å²) in [5.41, 5.74) is 1.33. The van der Waals surface area contributed by atoms with Crippen LogP contribution in [0.1, 0.15) is 18.4 Å². The fraction of sp³-hybridized carbons (Fsp3) is 0.429. The number of ether oxygens (including phenoxy) is 1. The first-order chi connectivity index (χ1) is 9.15. The van der Waals surface area contributed by atoms with Crippen molar-refractivity contribution >= 4 is 17.6 Å². The lowest BCUT2D eigenvalue weighted by Crippen LogP contribution is -2.28. The highest BCUT2D eigenvalue weighted by Crippen LogP contribution is 2.18. The third-order valence-corrected chi connectivity index (χ3v) is 3.14. The predicted molar refractivity (Wildman–Crippen MR) is 70.0 cm³/mol. The number of hydrogen-bond donors (Lipinski definition) is 2. The maximum absolute atomic E-state index is 12.0. The van der Waals surface area contributed by atoms with Gasteiger partial charge in [-0.05, 0) is 30.5 Å². The van der Waals surface area contributed by atoms with Gasteiger partial charge in [-0.3, -0.25) is 9.59 Å². The third kappa shape index (κ3) is 4.06. The third-order valence-electron chi connectivity index (χ3n) is 3.14. The monoisotopic (exact) mass is 263 g/mol. The van der Waals surface area contributed by atoms with Crippen LogP contribution in [0.2, 0.25) is 0 Å². The Bertz CT molecular complexity index is 466. The first-order valence-corrected chi connectivity index (χ1v) is 6.34. The number of rotatable bonds is 4. The van der Waals surface area contributed by atoms with E-state index in [1.807, 2.05) is 0 Å². The Morgan fingerprint density at radius 3 is 2.74 bits per heavy atom. The molecule has 0 bridgehead atoms. The first-order valence-electron chi connectivity index (χ1n) is 6.34. The van der Waals surface area contributed by atoms with Crippen molar-refractivity contribution in [3.05, 3.63) is 29.8 Å². The Kier molecular flexibility index (Phi) is 4.52. The lowest BCUT2D eigenvalue weighted by atomic mass is 9.99. The van der Waals surface area contributed by atoms with E-state index in [9.17, 15) is 9.59 Å². The lowest BCUT2D eigenvalue weighted by Gasteiger charge is -2.21. The molecule has 1 aliphatic rings. The molecular weight excluding hydrogens is 246 g/mol. The van der Waals surface area contributed by atoms with Gasteiger partial charge in [-0.2, -0.15) is 0 Å². The molecule has 0 saturated carbocycles. The van der Waals surface area contributed by atoms with Crippen molar-refractivity contribution in [1.82, 2.24) is 0 Å². The van der Waals surface area contributed by atoms with Gasteiger partial charge in [0.05, 0.1) is 6.42 Å². The number of nitrogens with one attached hydrogen (secondary N) is 1. The molecule has 102 valence electrons. The van der Waals surface area contributed by atoms with E-state index in [2.05, 4.69) is 5.32 Å². The number of aliphatic carboxylic acids is 1. The average Bonchev–Trinajstić information content (AvgIpc) is 2.39. The van der Waals surface area contributed by atoms with Crippen LogP contribution in [0.15, 0.2) is 24.3 Å². The summed E-state index contributed by atoms with van der Waals surface area (Å²) in [6.45, 7) is 1.24. The molecule has 1 aromatic rings. The van der Waals surface area contributed by atoms with Crippen LogP contribution in [0.5, 0.6) is 0 Å². The molecule has 1 amide bonds. The van der Waals surface area contributed by atoms with Crippen LogP contribution in [0.25, 0.3) is 0 Å². The van der Waals surface area contributed by atoms with E-state index in [-0.39, 0.29) is 18.2 Å². The number of benzene rings is 1. The predicted octanol–water partition coefficient (Wildman–Crippen LogP) is 1.68. The minimum atomic E-state index is -0.882. The largest absolute Gasteiger partial charge is 0.481 e. The van der Waals surface area contributed by atoms with Crippen LogP contribution in [-0.2, 0) is 20.7 Å². The average molecular weight is 263 g/mol. The first kappa shape index (κ1) is 13.5. The van der Waals surface area contributed by atoms with Crippen molar-refractivity contribution in [1.29, 1.82) is 0 Å². The van der Waals surface area contributed by atoms with Crippen molar-refractivity contribution in [2.45, 2.75) is 19.3 Å². The van der Waals surface area contributed by atoms with E-state index in [4.69, 9.17) is 9.84 Å². The molecule has 1 aliphatic heterocycles. The van der Waals surface area contributed by atoms with E-state index >= 15 is 0 Å². The van der Waals surface area contributed by atoms with Crippen LogP contribution in [0.3, 0.4) is 0 Å². The van der Waals surface area contributed by atoms with Gasteiger partial charge in [0.15, 0.2) is 0 Å². The summed E-state index contributed by atoms with van der Waals surface area (Å²) < 4.78 is 5.22. The smallest absolute Gasteiger partial charge is 0.307 e. The van der Waals surface area contributed by atoms with E-state index in [0.29, 0.717) is 24.5 Å². The second kappa shape index (κ2) is 6.33. The summed E-state index contributed by atoms with van der Waals surface area (Å²) in [6.07, 6.45) is 1.43. The number of anilines is 1. The van der Waals surface area contributed by atoms with Crippen LogP contribution in [0.4, 0.5) is 5.69 Å². The zero-order valence-corrected chi connectivity index (χ0v) is 10.6. The minimum absolute atomic E-state index is 0.0168. The highest BCUT2D eigenvalue weighted by Gasteiger charge is 2.21. The number of carboxylic acids is 1. The number of amides is 1. The van der Waals surface area contributed by atoms with Gasteiger partial charge in [0.1, 0.15) is 0 Å². The molecule has 0 aliphatic carbocycles. The van der Waals surface area contributed by atoms with Crippen molar-refractivity contribution in [3.63, 3.8) is 0 Å². The summed E-state index contributed by atoms with van der Waals surface area (Å²) in [7, 11) is 0. The molecule has 0 atom stereocenters. The molecule has 5 nitrogen and oxygen atoms in total. The minimum Gasteiger partial charge on any atom is -0.481 e. The van der Waals surface area contributed by atoms with Gasteiger partial charge in [-0.15, -0.1) is 0 Å². The summed E-state index contributed by atoms with van der Waals surface area (Å²) in [4.78, 5) is 22.7. The molecule has 0 spiro atoms. The molecule has 0 unspecified atom stereocenters. The van der Waals surface area contributed by atoms with Crippen LogP contribution in [-0.4, -0.2) is 30.2 Å². The van der Waals surface area contributed by atoms with Gasteiger partial charge in [-0.1, -0.05) is 12.1 Å². The van der Waals surface area contributed by atoms with Crippen molar-refractivity contribution in [2.75, 3.05) is 18.5 Å². The maximum Gasteiger partial charge on any atom is 0.307 e.